The Hall–Kier alpha value is -0.740. The van der Waals surface area contributed by atoms with Crippen LogP contribution in [0.25, 0.3) is 0 Å². The number of thiazole rings is 1. The number of nitrogens with two attached hydrogens (primary N) is 1. The smallest absolute Gasteiger partial charge is 0.159 e. The van der Waals surface area contributed by atoms with Gasteiger partial charge in [-0.05, 0) is 26.7 Å². The summed E-state index contributed by atoms with van der Waals surface area (Å²) in [7, 11) is 0. The van der Waals surface area contributed by atoms with E-state index in [1.54, 1.807) is 11.3 Å². The van der Waals surface area contributed by atoms with Gasteiger partial charge in [0.2, 0.25) is 0 Å². The molecule has 16 heavy (non-hydrogen) atoms. The lowest BCUT2D eigenvalue weighted by atomic mass is 9.91. The van der Waals surface area contributed by atoms with Crippen LogP contribution in [0.2, 0.25) is 0 Å². The average molecular weight is 238 g/mol. The standard InChI is InChI=1S/C12H18N2OS/c1-8-9(2)16-11(14-8)7-10(15)12(13)5-3-4-6-12/h3-7,13H2,1-2H3. The molecule has 0 aliphatic heterocycles. The molecule has 0 saturated heterocycles. The summed E-state index contributed by atoms with van der Waals surface area (Å²) in [6, 6.07) is 0. The Morgan fingerprint density at radius 2 is 2.06 bits per heavy atom. The molecule has 3 nitrogen and oxygen atoms in total. The van der Waals surface area contributed by atoms with E-state index in [-0.39, 0.29) is 5.78 Å². The van der Waals surface area contributed by atoms with Crippen molar-refractivity contribution in [1.29, 1.82) is 0 Å². The third kappa shape index (κ3) is 2.18. The second kappa shape index (κ2) is 4.26. The van der Waals surface area contributed by atoms with Crippen molar-refractivity contribution in [3.8, 4) is 0 Å². The number of ketones is 1. The largest absolute Gasteiger partial charge is 0.319 e. The lowest BCUT2D eigenvalue weighted by Crippen LogP contribution is -2.46. The Morgan fingerprint density at radius 1 is 1.44 bits per heavy atom. The van der Waals surface area contributed by atoms with Crippen LogP contribution in [-0.2, 0) is 11.2 Å². The molecule has 1 saturated carbocycles. The SMILES string of the molecule is Cc1nc(CC(=O)C2(N)CCCC2)sc1C. The third-order valence-corrected chi connectivity index (χ3v) is 4.51. The van der Waals surface area contributed by atoms with Crippen LogP contribution in [0.4, 0.5) is 0 Å². The van der Waals surface area contributed by atoms with Crippen molar-refractivity contribution in [3.05, 3.63) is 15.6 Å². The van der Waals surface area contributed by atoms with Gasteiger partial charge in [-0.2, -0.15) is 0 Å². The molecule has 0 aromatic carbocycles. The van der Waals surface area contributed by atoms with E-state index in [1.807, 2.05) is 13.8 Å². The van der Waals surface area contributed by atoms with Gasteiger partial charge in [0.05, 0.1) is 17.7 Å². The molecule has 0 spiro atoms. The molecular formula is C12H18N2OS. The quantitative estimate of drug-likeness (QED) is 0.877. The number of Topliss-reactive ketones (excluding diaryl/α,β-unsaturated/α-hetero) is 1. The zero-order chi connectivity index (χ0) is 11.8. The number of hydrogen-bond donors (Lipinski definition) is 1. The van der Waals surface area contributed by atoms with Crippen LogP contribution in [0, 0.1) is 13.8 Å². The van der Waals surface area contributed by atoms with E-state index in [0.29, 0.717) is 6.42 Å². The van der Waals surface area contributed by atoms with Crippen LogP contribution in [0.3, 0.4) is 0 Å². The lowest BCUT2D eigenvalue weighted by molar-refractivity contribution is -0.123. The van der Waals surface area contributed by atoms with Crippen molar-refractivity contribution in [2.45, 2.75) is 51.5 Å². The molecule has 2 N–H and O–H groups in total. The number of carbonyl (C=O) groups excluding carboxylic acids is 1. The van der Waals surface area contributed by atoms with Crippen LogP contribution in [-0.4, -0.2) is 16.3 Å². The topological polar surface area (TPSA) is 56.0 Å². The van der Waals surface area contributed by atoms with Gasteiger partial charge in [0.15, 0.2) is 5.78 Å². The number of nitrogens with zero attached hydrogens (tertiary/aromatic N) is 1. The monoisotopic (exact) mass is 238 g/mol. The van der Waals surface area contributed by atoms with Gasteiger partial charge in [0, 0.05) is 4.88 Å². The van der Waals surface area contributed by atoms with Gasteiger partial charge in [-0.15, -0.1) is 11.3 Å². The maximum Gasteiger partial charge on any atom is 0.159 e. The first-order valence-electron chi connectivity index (χ1n) is 5.76. The average Bonchev–Trinajstić information content (AvgIpc) is 2.76. The number of aromatic nitrogens is 1. The predicted molar refractivity (Wildman–Crippen MR) is 65.7 cm³/mol. The summed E-state index contributed by atoms with van der Waals surface area (Å²) >= 11 is 1.61. The molecule has 0 amide bonds. The maximum absolute atomic E-state index is 12.1. The van der Waals surface area contributed by atoms with E-state index in [1.165, 1.54) is 4.88 Å². The molecule has 0 unspecified atom stereocenters. The highest BCUT2D eigenvalue weighted by Gasteiger charge is 2.36. The van der Waals surface area contributed by atoms with Gasteiger partial charge in [-0.1, -0.05) is 12.8 Å². The molecule has 1 aliphatic carbocycles. The first-order valence-corrected chi connectivity index (χ1v) is 6.58. The zero-order valence-electron chi connectivity index (χ0n) is 9.88. The second-order valence-electron chi connectivity index (χ2n) is 4.71. The molecule has 1 aliphatic rings. The molecule has 1 aromatic rings. The maximum atomic E-state index is 12.1. The van der Waals surface area contributed by atoms with Gasteiger partial charge >= 0.3 is 0 Å². The van der Waals surface area contributed by atoms with Crippen LogP contribution in [0.15, 0.2) is 0 Å². The predicted octanol–water partition coefficient (Wildman–Crippen LogP) is 2.14. The minimum absolute atomic E-state index is 0.166. The van der Waals surface area contributed by atoms with Crippen LogP contribution >= 0.6 is 11.3 Å². The Morgan fingerprint density at radius 3 is 2.56 bits per heavy atom. The van der Waals surface area contributed by atoms with Crippen molar-refractivity contribution in [2.24, 2.45) is 5.73 Å². The van der Waals surface area contributed by atoms with Gasteiger partial charge in [0.1, 0.15) is 5.01 Å². The van der Waals surface area contributed by atoms with E-state index in [0.717, 1.165) is 36.4 Å². The lowest BCUT2D eigenvalue weighted by Gasteiger charge is -2.20. The van der Waals surface area contributed by atoms with Crippen molar-refractivity contribution >= 4 is 17.1 Å². The van der Waals surface area contributed by atoms with Gasteiger partial charge < -0.3 is 5.73 Å². The molecular weight excluding hydrogens is 220 g/mol. The molecule has 0 atom stereocenters. The summed E-state index contributed by atoms with van der Waals surface area (Å²) < 4.78 is 0. The van der Waals surface area contributed by atoms with Crippen molar-refractivity contribution in [3.63, 3.8) is 0 Å². The molecule has 0 radical (unpaired) electrons. The Kier molecular flexibility index (Phi) is 3.13. The minimum atomic E-state index is -0.562. The fourth-order valence-electron chi connectivity index (χ4n) is 2.21. The highest BCUT2D eigenvalue weighted by Crippen LogP contribution is 2.29. The zero-order valence-corrected chi connectivity index (χ0v) is 10.7. The molecule has 1 aromatic heterocycles. The molecule has 1 heterocycles. The summed E-state index contributed by atoms with van der Waals surface area (Å²) in [4.78, 5) is 17.7. The van der Waals surface area contributed by atoms with Crippen molar-refractivity contribution < 1.29 is 4.79 Å². The summed E-state index contributed by atoms with van der Waals surface area (Å²) in [5.41, 5.74) is 6.59. The highest BCUT2D eigenvalue weighted by atomic mass is 32.1. The normalized spacial score (nSPS) is 18.9. The van der Waals surface area contributed by atoms with Crippen molar-refractivity contribution in [1.82, 2.24) is 4.98 Å². The summed E-state index contributed by atoms with van der Waals surface area (Å²) in [5, 5.41) is 0.914. The molecule has 88 valence electrons. The van der Waals surface area contributed by atoms with E-state index in [2.05, 4.69) is 4.98 Å². The van der Waals surface area contributed by atoms with E-state index in [9.17, 15) is 4.79 Å². The number of carbonyl (C=O) groups is 1. The number of rotatable bonds is 3. The summed E-state index contributed by atoms with van der Waals surface area (Å²) in [6.07, 6.45) is 4.26. The highest BCUT2D eigenvalue weighted by molar-refractivity contribution is 7.11. The van der Waals surface area contributed by atoms with Gasteiger partial charge in [-0.3, -0.25) is 4.79 Å². The molecule has 2 rings (SSSR count). The molecule has 0 bridgehead atoms. The first kappa shape index (κ1) is 11.7. The van der Waals surface area contributed by atoms with Crippen LogP contribution in [0.1, 0.15) is 41.3 Å². The fraction of sp³-hybridized carbons (Fsp3) is 0.667. The second-order valence-corrected chi connectivity index (χ2v) is 6.00. The first-order chi connectivity index (χ1) is 7.51. The van der Waals surface area contributed by atoms with Gasteiger partial charge in [0.25, 0.3) is 0 Å². The number of hydrogen-bond acceptors (Lipinski definition) is 4. The Balaban J connectivity index is 2.07. The van der Waals surface area contributed by atoms with Gasteiger partial charge in [-0.25, -0.2) is 4.98 Å². The van der Waals surface area contributed by atoms with E-state index < -0.39 is 5.54 Å². The van der Waals surface area contributed by atoms with Crippen LogP contribution < -0.4 is 5.73 Å². The van der Waals surface area contributed by atoms with E-state index >= 15 is 0 Å². The Bertz CT molecular complexity index is 386. The molecule has 1 fully saturated rings. The summed E-state index contributed by atoms with van der Waals surface area (Å²) in [5.74, 6) is 0.166. The fourth-order valence-corrected chi connectivity index (χ4v) is 3.15. The minimum Gasteiger partial charge on any atom is -0.319 e. The van der Waals surface area contributed by atoms with Crippen molar-refractivity contribution in [2.75, 3.05) is 0 Å². The number of aryl methyl sites for hydroxylation is 2. The van der Waals surface area contributed by atoms with Crippen LogP contribution in [0.5, 0.6) is 0 Å². The third-order valence-electron chi connectivity index (χ3n) is 3.44. The molecule has 4 heteroatoms. The Labute approximate surface area is 100 Å². The summed E-state index contributed by atoms with van der Waals surface area (Å²) in [6.45, 7) is 4.02. The van der Waals surface area contributed by atoms with E-state index in [4.69, 9.17) is 5.73 Å².